The zero-order valence-corrected chi connectivity index (χ0v) is 21.8. The van der Waals surface area contributed by atoms with Gasteiger partial charge in [-0.05, 0) is 40.7 Å². The lowest BCUT2D eigenvalue weighted by atomic mass is 10.2. The molecule has 0 saturated carbocycles. The lowest BCUT2D eigenvalue weighted by molar-refractivity contribution is -0.126. The number of halogens is 2. The quantitative estimate of drug-likeness (QED) is 0.244. The Balaban J connectivity index is 2.36. The van der Waals surface area contributed by atoms with E-state index in [0.717, 1.165) is 0 Å². The van der Waals surface area contributed by atoms with Gasteiger partial charge in [0.15, 0.2) is 23.0 Å². The summed E-state index contributed by atoms with van der Waals surface area (Å²) in [6, 6.07) is 4.79. The van der Waals surface area contributed by atoms with Crippen molar-refractivity contribution in [2.75, 3.05) is 31.7 Å². The Hall–Kier alpha value is -3.04. The molecule has 0 aromatic heterocycles. The molecule has 190 valence electrons. The van der Waals surface area contributed by atoms with Crippen LogP contribution in [0.25, 0.3) is 0 Å². The monoisotopic (exact) mass is 525 g/mol. The molecular formula is C24H29Cl2N3O6. The zero-order chi connectivity index (χ0) is 26.0. The molecule has 2 rings (SSSR count). The first-order chi connectivity index (χ1) is 16.7. The number of ether oxygens (including phenoxy) is 4. The Bertz CT molecular complexity index is 1080. The van der Waals surface area contributed by atoms with Gasteiger partial charge < -0.3 is 24.3 Å². The zero-order valence-electron chi connectivity index (χ0n) is 20.3. The van der Waals surface area contributed by atoms with Gasteiger partial charge in [0, 0.05) is 18.2 Å². The molecule has 1 amide bonds. The molecular weight excluding hydrogens is 497 g/mol. The predicted octanol–water partition coefficient (Wildman–Crippen LogP) is 6.27. The van der Waals surface area contributed by atoms with Crippen LogP contribution in [0.15, 0.2) is 34.5 Å². The van der Waals surface area contributed by atoms with E-state index >= 15 is 0 Å². The minimum absolute atomic E-state index is 0.247. The van der Waals surface area contributed by atoms with Crippen molar-refractivity contribution in [2.24, 2.45) is 10.2 Å². The number of anilines is 1. The normalized spacial score (nSPS) is 11.7. The fourth-order valence-electron chi connectivity index (χ4n) is 3.01. The number of rotatable bonds is 13. The molecule has 0 aliphatic carbocycles. The number of nitrogens with zero attached hydrogens (tertiary/aromatic N) is 2. The Morgan fingerprint density at radius 1 is 0.857 bits per heavy atom. The second-order valence-corrected chi connectivity index (χ2v) is 7.80. The van der Waals surface area contributed by atoms with Crippen molar-refractivity contribution in [3.05, 3.63) is 34.3 Å². The van der Waals surface area contributed by atoms with E-state index in [1.807, 2.05) is 20.8 Å². The molecule has 0 fully saturated rings. The SMILES string of the molecule is CCOc1cc(Cl)c(OCC)c(NC(=O)C(N=Nc2cc(Cl)c(OCC)c(OCC)c2)C(C)=O)c1. The fourth-order valence-corrected chi connectivity index (χ4v) is 3.53. The largest absolute Gasteiger partial charge is 0.494 e. The van der Waals surface area contributed by atoms with Crippen LogP contribution in [0.3, 0.4) is 0 Å². The van der Waals surface area contributed by atoms with Gasteiger partial charge >= 0.3 is 0 Å². The highest BCUT2D eigenvalue weighted by molar-refractivity contribution is 6.33. The first-order valence-corrected chi connectivity index (χ1v) is 11.9. The lowest BCUT2D eigenvalue weighted by Gasteiger charge is -2.16. The van der Waals surface area contributed by atoms with Crippen molar-refractivity contribution < 1.29 is 28.5 Å². The molecule has 9 nitrogen and oxygen atoms in total. The third-order valence-electron chi connectivity index (χ3n) is 4.38. The molecule has 0 aliphatic heterocycles. The maximum atomic E-state index is 13.0. The Kier molecular flexibility index (Phi) is 11.1. The minimum Gasteiger partial charge on any atom is -0.494 e. The molecule has 0 saturated heterocycles. The molecule has 2 aromatic carbocycles. The van der Waals surface area contributed by atoms with Gasteiger partial charge in [-0.1, -0.05) is 23.2 Å². The van der Waals surface area contributed by atoms with Crippen LogP contribution >= 0.6 is 23.2 Å². The smallest absolute Gasteiger partial charge is 0.258 e. The topological polar surface area (TPSA) is 108 Å². The highest BCUT2D eigenvalue weighted by atomic mass is 35.5. The van der Waals surface area contributed by atoms with Crippen LogP contribution < -0.4 is 24.3 Å². The molecule has 1 N–H and O–H groups in total. The molecule has 2 aromatic rings. The Labute approximate surface area is 214 Å². The van der Waals surface area contributed by atoms with E-state index in [9.17, 15) is 9.59 Å². The number of amides is 1. The Morgan fingerprint density at radius 3 is 2.06 bits per heavy atom. The van der Waals surface area contributed by atoms with E-state index in [2.05, 4.69) is 15.5 Å². The van der Waals surface area contributed by atoms with Gasteiger partial charge in [0.2, 0.25) is 6.04 Å². The summed E-state index contributed by atoms with van der Waals surface area (Å²) in [5, 5.41) is 11.2. The van der Waals surface area contributed by atoms with Crippen LogP contribution in [0, 0.1) is 0 Å². The van der Waals surface area contributed by atoms with Crippen molar-refractivity contribution in [3.8, 4) is 23.0 Å². The van der Waals surface area contributed by atoms with Crippen LogP contribution in [0.2, 0.25) is 10.0 Å². The average molecular weight is 526 g/mol. The maximum Gasteiger partial charge on any atom is 0.258 e. The van der Waals surface area contributed by atoms with Gasteiger partial charge in [-0.2, -0.15) is 10.2 Å². The number of benzene rings is 2. The van der Waals surface area contributed by atoms with Crippen LogP contribution in [0.5, 0.6) is 23.0 Å². The van der Waals surface area contributed by atoms with Crippen molar-refractivity contribution >= 4 is 46.3 Å². The molecule has 1 unspecified atom stereocenters. The van der Waals surface area contributed by atoms with Crippen LogP contribution in [-0.2, 0) is 9.59 Å². The van der Waals surface area contributed by atoms with Crippen LogP contribution in [0.1, 0.15) is 34.6 Å². The maximum absolute atomic E-state index is 13.0. The molecule has 35 heavy (non-hydrogen) atoms. The summed E-state index contributed by atoms with van der Waals surface area (Å²) in [7, 11) is 0. The predicted molar refractivity (Wildman–Crippen MR) is 135 cm³/mol. The molecule has 0 heterocycles. The molecule has 0 bridgehead atoms. The summed E-state index contributed by atoms with van der Waals surface area (Å²) in [6.07, 6.45) is 0. The van der Waals surface area contributed by atoms with Crippen molar-refractivity contribution in [3.63, 3.8) is 0 Å². The summed E-state index contributed by atoms with van der Waals surface area (Å²) in [4.78, 5) is 25.2. The number of Topliss-reactive ketones (excluding diaryl/α,β-unsaturated/α-hetero) is 1. The van der Waals surface area contributed by atoms with E-state index in [1.165, 1.54) is 13.0 Å². The minimum atomic E-state index is -1.43. The summed E-state index contributed by atoms with van der Waals surface area (Å²) in [5.41, 5.74) is 0.536. The molecule has 11 heteroatoms. The van der Waals surface area contributed by atoms with Gasteiger partial charge in [-0.25, -0.2) is 0 Å². The van der Waals surface area contributed by atoms with Gasteiger partial charge in [-0.3, -0.25) is 9.59 Å². The van der Waals surface area contributed by atoms with Crippen molar-refractivity contribution in [2.45, 2.75) is 40.7 Å². The molecule has 1 atom stereocenters. The van der Waals surface area contributed by atoms with E-state index in [4.69, 9.17) is 42.1 Å². The number of nitrogens with one attached hydrogen (secondary N) is 1. The highest BCUT2D eigenvalue weighted by Crippen LogP contribution is 2.40. The average Bonchev–Trinajstić information content (AvgIpc) is 2.79. The standard InChI is InChI=1S/C24H29Cl2N3O6/c1-6-32-16-12-18(26)22(34-8-3)19(13-16)27-24(31)21(14(5)30)29-28-15-10-17(25)23(35-9-4)20(11-15)33-7-2/h10-13,21H,6-9H2,1-5H3,(H,27,31). The second-order valence-electron chi connectivity index (χ2n) is 6.99. The van der Waals surface area contributed by atoms with Gasteiger partial charge in [0.25, 0.3) is 5.91 Å². The first kappa shape index (κ1) is 28.2. The van der Waals surface area contributed by atoms with Gasteiger partial charge in [-0.15, -0.1) is 0 Å². The van der Waals surface area contributed by atoms with Crippen LogP contribution in [0.4, 0.5) is 11.4 Å². The van der Waals surface area contributed by atoms with Crippen molar-refractivity contribution in [1.82, 2.24) is 0 Å². The lowest BCUT2D eigenvalue weighted by Crippen LogP contribution is -2.32. The van der Waals surface area contributed by atoms with Crippen LogP contribution in [-0.4, -0.2) is 44.2 Å². The number of carbonyl (C=O) groups is 2. The van der Waals surface area contributed by atoms with E-state index < -0.39 is 17.7 Å². The van der Waals surface area contributed by atoms with Crippen molar-refractivity contribution in [1.29, 1.82) is 0 Å². The molecule has 0 spiro atoms. The fraction of sp³-hybridized carbons (Fsp3) is 0.417. The van der Waals surface area contributed by atoms with E-state index in [1.54, 1.807) is 25.1 Å². The molecule has 0 aliphatic rings. The number of carbonyl (C=O) groups excluding carboxylic acids is 2. The summed E-state index contributed by atoms with van der Waals surface area (Å²) >= 11 is 12.6. The van der Waals surface area contributed by atoms with E-state index in [-0.39, 0.29) is 27.2 Å². The van der Waals surface area contributed by atoms with Gasteiger partial charge in [0.1, 0.15) is 5.75 Å². The van der Waals surface area contributed by atoms with E-state index in [0.29, 0.717) is 43.7 Å². The summed E-state index contributed by atoms with van der Waals surface area (Å²) in [5.74, 6) is 0.218. The van der Waals surface area contributed by atoms with Gasteiger partial charge in [0.05, 0.1) is 47.8 Å². The molecule has 0 radical (unpaired) electrons. The number of hydrogen-bond acceptors (Lipinski definition) is 8. The summed E-state index contributed by atoms with van der Waals surface area (Å²) < 4.78 is 22.2. The number of azo groups is 1. The Morgan fingerprint density at radius 2 is 1.46 bits per heavy atom. The second kappa shape index (κ2) is 13.7. The highest BCUT2D eigenvalue weighted by Gasteiger charge is 2.25. The number of ketones is 1. The number of hydrogen-bond donors (Lipinski definition) is 1. The summed E-state index contributed by atoms with van der Waals surface area (Å²) in [6.45, 7) is 9.96. The first-order valence-electron chi connectivity index (χ1n) is 11.2. The third-order valence-corrected chi connectivity index (χ3v) is 4.94. The third kappa shape index (κ3) is 7.73.